The summed E-state index contributed by atoms with van der Waals surface area (Å²) in [6.07, 6.45) is 4.42. The zero-order valence-corrected chi connectivity index (χ0v) is 23.8. The van der Waals surface area contributed by atoms with Gasteiger partial charge in [-0.05, 0) is 56.4 Å². The maximum Gasteiger partial charge on any atom is 0.244 e. The smallest absolute Gasteiger partial charge is 0.244 e. The van der Waals surface area contributed by atoms with E-state index in [1.807, 2.05) is 38.1 Å². The van der Waals surface area contributed by atoms with Crippen molar-refractivity contribution in [3.63, 3.8) is 0 Å². The molecule has 4 rings (SSSR count). The maximum atomic E-state index is 14.0. The molecular weight excluding hydrogens is 518 g/mol. The number of ether oxygens (including phenoxy) is 2. The van der Waals surface area contributed by atoms with Crippen molar-refractivity contribution < 1.29 is 27.5 Å². The van der Waals surface area contributed by atoms with Crippen LogP contribution >= 0.6 is 0 Å². The summed E-state index contributed by atoms with van der Waals surface area (Å²) in [4.78, 5) is 29.0. The number of fused-ring (bicyclic) bond motifs is 1. The molecule has 1 fully saturated rings. The Morgan fingerprint density at radius 2 is 1.72 bits per heavy atom. The number of nitrogens with one attached hydrogen (secondary N) is 1. The number of nitrogens with zero attached hydrogens (tertiary/aromatic N) is 2. The SMILES string of the molecule is CC[C@@H](C(=O)NC1CCCC1)N(Cc1ccccc1C)C(=O)CN(c1ccc2c(c1)OCCO2)S(=O)(=O)CC. The molecule has 0 aromatic heterocycles. The van der Waals surface area contributed by atoms with E-state index in [1.54, 1.807) is 25.1 Å². The molecule has 1 aliphatic heterocycles. The van der Waals surface area contributed by atoms with E-state index in [1.165, 1.54) is 4.90 Å². The van der Waals surface area contributed by atoms with Crippen molar-refractivity contribution in [1.29, 1.82) is 0 Å². The molecule has 0 unspecified atom stereocenters. The van der Waals surface area contributed by atoms with Crippen LogP contribution in [0, 0.1) is 6.92 Å². The summed E-state index contributed by atoms with van der Waals surface area (Å²) in [7, 11) is -3.83. The van der Waals surface area contributed by atoms with E-state index in [0.29, 0.717) is 36.8 Å². The van der Waals surface area contributed by atoms with Crippen molar-refractivity contribution in [3.8, 4) is 11.5 Å². The standard InChI is InChI=1S/C29H39N3O6S/c1-4-25(29(34)30-23-12-8-9-13-23)31(19-22-11-7-6-10-21(22)3)28(33)20-32(39(35,36)5-2)24-14-15-26-27(18-24)38-17-16-37-26/h6-7,10-11,14-15,18,23,25H,4-5,8-9,12-13,16-17,19-20H2,1-3H3,(H,30,34)/t25-/m0/s1. The number of hydrogen-bond acceptors (Lipinski definition) is 6. The lowest BCUT2D eigenvalue weighted by Gasteiger charge is -2.34. The van der Waals surface area contributed by atoms with Gasteiger partial charge in [0.2, 0.25) is 21.8 Å². The number of carbonyl (C=O) groups excluding carboxylic acids is 2. The molecule has 1 atom stereocenters. The van der Waals surface area contributed by atoms with Crippen LogP contribution < -0.4 is 19.1 Å². The number of aryl methyl sites for hydroxylation is 1. The van der Waals surface area contributed by atoms with Crippen LogP contribution in [0.2, 0.25) is 0 Å². The summed E-state index contributed by atoms with van der Waals surface area (Å²) in [6.45, 7) is 5.91. The molecule has 1 aliphatic carbocycles. The van der Waals surface area contributed by atoms with Crippen LogP contribution in [-0.4, -0.2) is 62.7 Å². The third-order valence-corrected chi connectivity index (χ3v) is 9.22. The fourth-order valence-corrected chi connectivity index (χ4v) is 6.22. The summed E-state index contributed by atoms with van der Waals surface area (Å²) in [5.74, 6) is 0.128. The number of rotatable bonds is 11. The second kappa shape index (κ2) is 12.7. The molecule has 2 aromatic carbocycles. The van der Waals surface area contributed by atoms with Gasteiger partial charge in [-0.3, -0.25) is 13.9 Å². The first kappa shape index (κ1) is 28.7. The molecule has 1 saturated carbocycles. The second-order valence-corrected chi connectivity index (χ2v) is 12.3. The molecule has 2 amide bonds. The van der Waals surface area contributed by atoms with Crippen LogP contribution in [0.25, 0.3) is 0 Å². The molecule has 1 heterocycles. The average Bonchev–Trinajstić information content (AvgIpc) is 3.45. The number of amides is 2. The summed E-state index contributed by atoms with van der Waals surface area (Å²) < 4.78 is 38.8. The van der Waals surface area contributed by atoms with Gasteiger partial charge in [0.25, 0.3) is 0 Å². The van der Waals surface area contributed by atoms with Gasteiger partial charge in [0, 0.05) is 18.7 Å². The van der Waals surface area contributed by atoms with E-state index in [2.05, 4.69) is 5.32 Å². The van der Waals surface area contributed by atoms with Gasteiger partial charge in [0.15, 0.2) is 11.5 Å². The summed E-state index contributed by atoms with van der Waals surface area (Å²) in [6, 6.07) is 11.9. The van der Waals surface area contributed by atoms with Crippen LogP contribution in [0.1, 0.15) is 57.1 Å². The van der Waals surface area contributed by atoms with Gasteiger partial charge in [-0.15, -0.1) is 0 Å². The molecule has 9 nitrogen and oxygen atoms in total. The van der Waals surface area contributed by atoms with E-state index >= 15 is 0 Å². The quantitative estimate of drug-likeness (QED) is 0.451. The molecule has 1 N–H and O–H groups in total. The van der Waals surface area contributed by atoms with Crippen LogP contribution in [0.4, 0.5) is 5.69 Å². The molecule has 2 aliphatic rings. The predicted molar refractivity (Wildman–Crippen MR) is 150 cm³/mol. The van der Waals surface area contributed by atoms with Crippen molar-refractivity contribution in [1.82, 2.24) is 10.2 Å². The largest absolute Gasteiger partial charge is 0.486 e. The van der Waals surface area contributed by atoms with Crippen molar-refractivity contribution in [2.24, 2.45) is 0 Å². The Bertz CT molecular complexity index is 1280. The number of anilines is 1. The fourth-order valence-electron chi connectivity index (χ4n) is 5.16. The average molecular weight is 558 g/mol. The summed E-state index contributed by atoms with van der Waals surface area (Å²) >= 11 is 0. The minimum atomic E-state index is -3.83. The zero-order chi connectivity index (χ0) is 28.0. The normalized spacial score (nSPS) is 16.0. The molecule has 39 heavy (non-hydrogen) atoms. The molecule has 212 valence electrons. The molecule has 10 heteroatoms. The first-order chi connectivity index (χ1) is 18.7. The highest BCUT2D eigenvalue weighted by molar-refractivity contribution is 7.92. The number of hydrogen-bond donors (Lipinski definition) is 1. The van der Waals surface area contributed by atoms with Gasteiger partial charge in [0.05, 0.1) is 11.4 Å². The molecular formula is C29H39N3O6S. The van der Waals surface area contributed by atoms with Crippen LogP contribution in [-0.2, 0) is 26.2 Å². The highest BCUT2D eigenvalue weighted by Crippen LogP contribution is 2.35. The maximum absolute atomic E-state index is 14.0. The first-order valence-corrected chi connectivity index (χ1v) is 15.4. The number of sulfonamides is 1. The van der Waals surface area contributed by atoms with Crippen LogP contribution in [0.15, 0.2) is 42.5 Å². The van der Waals surface area contributed by atoms with E-state index in [0.717, 1.165) is 41.1 Å². The Kier molecular flexibility index (Phi) is 9.37. The van der Waals surface area contributed by atoms with Gasteiger partial charge in [-0.2, -0.15) is 0 Å². The zero-order valence-electron chi connectivity index (χ0n) is 23.0. The fraction of sp³-hybridized carbons (Fsp3) is 0.517. The highest BCUT2D eigenvalue weighted by atomic mass is 32.2. The third-order valence-electron chi connectivity index (χ3n) is 7.48. The summed E-state index contributed by atoms with van der Waals surface area (Å²) in [5.41, 5.74) is 2.21. The Morgan fingerprint density at radius 3 is 2.38 bits per heavy atom. The Labute approximate surface area is 231 Å². The number of benzene rings is 2. The van der Waals surface area contributed by atoms with Crippen molar-refractivity contribution in [3.05, 3.63) is 53.6 Å². The monoisotopic (exact) mass is 557 g/mol. The molecule has 0 radical (unpaired) electrons. The number of carbonyl (C=O) groups is 2. The minimum Gasteiger partial charge on any atom is -0.486 e. The Balaban J connectivity index is 1.66. The Morgan fingerprint density at radius 1 is 1.03 bits per heavy atom. The third kappa shape index (κ3) is 6.84. The highest BCUT2D eigenvalue weighted by Gasteiger charge is 2.34. The lowest BCUT2D eigenvalue weighted by molar-refractivity contribution is -0.140. The van der Waals surface area contributed by atoms with E-state index in [9.17, 15) is 18.0 Å². The molecule has 0 bridgehead atoms. The molecule has 0 saturated heterocycles. The van der Waals surface area contributed by atoms with Gasteiger partial charge in [-0.1, -0.05) is 44.0 Å². The summed E-state index contributed by atoms with van der Waals surface area (Å²) in [5, 5.41) is 3.13. The first-order valence-electron chi connectivity index (χ1n) is 13.8. The van der Waals surface area contributed by atoms with Crippen LogP contribution in [0.3, 0.4) is 0 Å². The Hall–Kier alpha value is -3.27. The van der Waals surface area contributed by atoms with Gasteiger partial charge < -0.3 is 19.7 Å². The molecule has 2 aromatic rings. The second-order valence-electron chi connectivity index (χ2n) is 10.1. The van der Waals surface area contributed by atoms with Crippen molar-refractivity contribution >= 4 is 27.5 Å². The predicted octanol–water partition coefficient (Wildman–Crippen LogP) is 3.79. The van der Waals surface area contributed by atoms with Gasteiger partial charge in [-0.25, -0.2) is 8.42 Å². The topological polar surface area (TPSA) is 105 Å². The lowest BCUT2D eigenvalue weighted by atomic mass is 10.1. The van der Waals surface area contributed by atoms with Crippen molar-refractivity contribution in [2.75, 3.05) is 29.8 Å². The molecule has 0 spiro atoms. The van der Waals surface area contributed by atoms with Crippen molar-refractivity contribution in [2.45, 2.75) is 71.5 Å². The van der Waals surface area contributed by atoms with Crippen LogP contribution in [0.5, 0.6) is 11.5 Å². The van der Waals surface area contributed by atoms with E-state index in [-0.39, 0.29) is 24.2 Å². The van der Waals surface area contributed by atoms with E-state index < -0.39 is 28.5 Å². The van der Waals surface area contributed by atoms with Gasteiger partial charge in [0.1, 0.15) is 25.8 Å². The minimum absolute atomic E-state index is 0.108. The lowest BCUT2D eigenvalue weighted by Crippen LogP contribution is -2.53. The van der Waals surface area contributed by atoms with E-state index in [4.69, 9.17) is 9.47 Å². The van der Waals surface area contributed by atoms with Gasteiger partial charge >= 0.3 is 0 Å².